The zero-order valence-corrected chi connectivity index (χ0v) is 17.3. The van der Waals surface area contributed by atoms with Gasteiger partial charge < -0.3 is 14.8 Å². The topological polar surface area (TPSA) is 83.4 Å². The number of nitrogens with one attached hydrogen (secondary N) is 1. The van der Waals surface area contributed by atoms with Crippen molar-refractivity contribution < 1.29 is 4.79 Å². The summed E-state index contributed by atoms with van der Waals surface area (Å²) in [7, 11) is 2.20. The van der Waals surface area contributed by atoms with Gasteiger partial charge in [0.2, 0.25) is 0 Å². The summed E-state index contributed by atoms with van der Waals surface area (Å²) in [6.45, 7) is 5.15. The first kappa shape index (κ1) is 19.4. The number of carbonyl (C=O) groups is 1. The number of piperidine rings is 2. The van der Waals surface area contributed by atoms with Gasteiger partial charge in [0.15, 0.2) is 0 Å². The lowest BCUT2D eigenvalue weighted by molar-refractivity contribution is 0.0517. The van der Waals surface area contributed by atoms with Gasteiger partial charge in [0.1, 0.15) is 11.4 Å². The highest BCUT2D eigenvalue weighted by Crippen LogP contribution is 2.37. The molecule has 0 aliphatic carbocycles. The summed E-state index contributed by atoms with van der Waals surface area (Å²) in [6, 6.07) is 4.43. The molecule has 1 amide bonds. The van der Waals surface area contributed by atoms with Crippen LogP contribution in [0.4, 0.5) is 5.69 Å². The van der Waals surface area contributed by atoms with Crippen LogP contribution in [0.3, 0.4) is 0 Å². The predicted octanol–water partition coefficient (Wildman–Crippen LogP) is 1.40. The highest BCUT2D eigenvalue weighted by atomic mass is 16.2. The molecule has 3 aliphatic rings. The number of anilines is 1. The predicted molar refractivity (Wildman–Crippen MR) is 114 cm³/mol. The molecule has 2 aromatic rings. The second-order valence-corrected chi connectivity index (χ2v) is 8.92. The van der Waals surface area contributed by atoms with Gasteiger partial charge in [0.25, 0.3) is 11.5 Å². The van der Waals surface area contributed by atoms with Crippen LogP contribution in [-0.2, 0) is 6.54 Å². The van der Waals surface area contributed by atoms with Crippen LogP contribution >= 0.6 is 0 Å². The minimum Gasteiger partial charge on any atom is -0.316 e. The highest BCUT2D eigenvalue weighted by Gasteiger charge is 2.37. The van der Waals surface area contributed by atoms with Crippen LogP contribution in [0.15, 0.2) is 35.5 Å². The molecule has 2 saturated heterocycles. The largest absolute Gasteiger partial charge is 0.316 e. The van der Waals surface area contributed by atoms with Crippen molar-refractivity contribution in [2.24, 2.45) is 5.92 Å². The van der Waals surface area contributed by atoms with Gasteiger partial charge >= 0.3 is 0 Å². The third kappa shape index (κ3) is 3.65. The van der Waals surface area contributed by atoms with E-state index >= 15 is 0 Å². The zero-order valence-electron chi connectivity index (χ0n) is 17.3. The van der Waals surface area contributed by atoms with Crippen LogP contribution in [0.25, 0.3) is 0 Å². The number of aromatic nitrogens is 3. The lowest BCUT2D eigenvalue weighted by Crippen LogP contribution is -2.53. The van der Waals surface area contributed by atoms with Crippen molar-refractivity contribution in [1.29, 1.82) is 0 Å². The van der Waals surface area contributed by atoms with Gasteiger partial charge in [-0.3, -0.25) is 19.5 Å². The van der Waals surface area contributed by atoms with Crippen LogP contribution in [-0.4, -0.2) is 69.5 Å². The fourth-order valence-electron chi connectivity index (χ4n) is 5.34. The Bertz CT molecular complexity index is 983. The first-order valence-electron chi connectivity index (χ1n) is 10.8. The molecular formula is C22H28N6O2. The van der Waals surface area contributed by atoms with Crippen molar-refractivity contribution in [2.45, 2.75) is 37.8 Å². The van der Waals surface area contributed by atoms with E-state index in [0.29, 0.717) is 23.6 Å². The second-order valence-electron chi connectivity index (χ2n) is 8.92. The summed E-state index contributed by atoms with van der Waals surface area (Å²) >= 11 is 0. The van der Waals surface area contributed by atoms with E-state index in [2.05, 4.69) is 32.1 Å². The molecule has 8 heteroatoms. The van der Waals surface area contributed by atoms with Crippen molar-refractivity contribution in [3.05, 3.63) is 52.5 Å². The Morgan fingerprint density at radius 2 is 1.97 bits per heavy atom. The van der Waals surface area contributed by atoms with Crippen molar-refractivity contribution in [3.63, 3.8) is 0 Å². The van der Waals surface area contributed by atoms with Crippen LogP contribution in [0.5, 0.6) is 0 Å². The molecule has 5 rings (SSSR count). The summed E-state index contributed by atoms with van der Waals surface area (Å²) in [4.78, 5) is 38.5. The lowest BCUT2D eigenvalue weighted by atomic mass is 9.82. The molecule has 2 aromatic heterocycles. The Balaban J connectivity index is 1.35. The molecule has 2 atom stereocenters. The smallest absolute Gasteiger partial charge is 0.276 e. The minimum atomic E-state index is -0.412. The van der Waals surface area contributed by atoms with Gasteiger partial charge in [-0.15, -0.1) is 0 Å². The highest BCUT2D eigenvalue weighted by molar-refractivity contribution is 6.02. The number of fused-ring (bicyclic) bond motifs is 4. The number of hydrogen-bond acceptors (Lipinski definition) is 6. The van der Waals surface area contributed by atoms with Crippen LogP contribution in [0.1, 0.15) is 41.4 Å². The lowest BCUT2D eigenvalue weighted by Gasteiger charge is -2.47. The van der Waals surface area contributed by atoms with Crippen LogP contribution in [0.2, 0.25) is 0 Å². The summed E-state index contributed by atoms with van der Waals surface area (Å²) in [5.41, 5.74) is 1.49. The van der Waals surface area contributed by atoms with E-state index in [1.165, 1.54) is 44.5 Å². The van der Waals surface area contributed by atoms with Gasteiger partial charge in [0.05, 0.1) is 6.20 Å². The number of hydrogen-bond donors (Lipinski definition) is 1. The number of carbonyl (C=O) groups excluding carboxylic acids is 1. The molecule has 0 aromatic carbocycles. The van der Waals surface area contributed by atoms with E-state index in [1.807, 2.05) is 10.6 Å². The van der Waals surface area contributed by atoms with Crippen molar-refractivity contribution >= 4 is 11.6 Å². The maximum Gasteiger partial charge on any atom is 0.276 e. The average molecular weight is 409 g/mol. The third-order valence-corrected chi connectivity index (χ3v) is 6.88. The first-order valence-corrected chi connectivity index (χ1v) is 10.8. The Morgan fingerprint density at radius 1 is 1.13 bits per heavy atom. The minimum absolute atomic E-state index is 0.118. The monoisotopic (exact) mass is 408 g/mol. The van der Waals surface area contributed by atoms with Gasteiger partial charge in [-0.1, -0.05) is 0 Å². The molecule has 3 aliphatic heterocycles. The number of nitrogens with zero attached hydrogens (tertiary/aromatic N) is 5. The third-order valence-electron chi connectivity index (χ3n) is 6.88. The first-order chi connectivity index (χ1) is 14.6. The molecule has 0 spiro atoms. The van der Waals surface area contributed by atoms with Crippen LogP contribution < -0.4 is 10.9 Å². The summed E-state index contributed by atoms with van der Waals surface area (Å²) in [6.07, 6.45) is 7.98. The summed E-state index contributed by atoms with van der Waals surface area (Å²) in [5.74, 6) is 0.458. The molecular weight excluding hydrogens is 380 g/mol. The maximum absolute atomic E-state index is 13.1. The summed E-state index contributed by atoms with van der Waals surface area (Å²) in [5, 5.41) is 2.72. The Morgan fingerprint density at radius 3 is 2.73 bits per heavy atom. The van der Waals surface area contributed by atoms with Gasteiger partial charge in [0, 0.05) is 49.7 Å². The van der Waals surface area contributed by atoms with E-state index < -0.39 is 5.91 Å². The fraction of sp³-hybridized carbons (Fsp3) is 0.545. The molecule has 2 fully saturated rings. The SMILES string of the molecule is CN1CCC(N2CC3CC(C2)c2ccc(NC(=O)c4cnccn4)c(=O)n2C3)CC1. The molecule has 8 nitrogen and oxygen atoms in total. The molecule has 2 unspecified atom stereocenters. The van der Waals surface area contributed by atoms with E-state index in [9.17, 15) is 9.59 Å². The van der Waals surface area contributed by atoms with Crippen LogP contribution in [0, 0.1) is 5.92 Å². The second kappa shape index (κ2) is 7.92. The van der Waals surface area contributed by atoms with Gasteiger partial charge in [-0.25, -0.2) is 4.98 Å². The van der Waals surface area contributed by atoms with E-state index in [0.717, 1.165) is 31.7 Å². The molecule has 30 heavy (non-hydrogen) atoms. The van der Waals surface area contributed by atoms with Crippen molar-refractivity contribution in [1.82, 2.24) is 24.3 Å². The molecule has 1 N–H and O–H groups in total. The summed E-state index contributed by atoms with van der Waals surface area (Å²) < 4.78 is 1.89. The van der Waals surface area contributed by atoms with E-state index in [4.69, 9.17) is 0 Å². The maximum atomic E-state index is 13.1. The van der Waals surface area contributed by atoms with Gasteiger partial charge in [-0.05, 0) is 57.5 Å². The molecule has 2 bridgehead atoms. The Labute approximate surface area is 175 Å². The molecule has 158 valence electrons. The molecule has 5 heterocycles. The average Bonchev–Trinajstić information content (AvgIpc) is 2.77. The van der Waals surface area contributed by atoms with E-state index in [1.54, 1.807) is 6.07 Å². The number of likely N-dealkylation sites (tertiary alicyclic amines) is 2. The normalized spacial score (nSPS) is 25.0. The van der Waals surface area contributed by atoms with Gasteiger partial charge in [-0.2, -0.15) is 0 Å². The van der Waals surface area contributed by atoms with Crippen molar-refractivity contribution in [3.8, 4) is 0 Å². The number of amides is 1. The standard InChI is InChI=1S/C22H28N6O2/c1-26-8-4-17(5-9-26)27-12-15-10-16(14-27)20-3-2-18(22(30)28(20)13-15)25-21(29)19-11-23-6-7-24-19/h2-3,6-7,11,15-17H,4-5,8-10,12-14H2,1H3,(H,25,29). The quantitative estimate of drug-likeness (QED) is 0.827. The fourth-order valence-corrected chi connectivity index (χ4v) is 5.34. The molecule has 0 radical (unpaired) electrons. The Hall–Kier alpha value is -2.58. The zero-order chi connectivity index (χ0) is 20.7. The Kier molecular flexibility index (Phi) is 5.12. The molecule has 0 saturated carbocycles. The number of pyridine rings is 1. The van der Waals surface area contributed by atoms with Crippen molar-refractivity contribution in [2.75, 3.05) is 38.5 Å². The van der Waals surface area contributed by atoms with E-state index in [-0.39, 0.29) is 11.3 Å². The number of rotatable bonds is 3.